The topological polar surface area (TPSA) is 81.0 Å². The van der Waals surface area contributed by atoms with Crippen LogP contribution in [-0.4, -0.2) is 30.3 Å². The number of sulfonamides is 1. The number of carbonyl (C=O) groups is 1. The SMILES string of the molecule is Cc1c(C2=NN(c3ccccc3)S(=O)(=O)c3ccccc32)c2cc(F)ccc2n1CC(=O)OC(C)(C)C. The van der Waals surface area contributed by atoms with Gasteiger partial charge in [-0.15, -0.1) is 0 Å². The molecular weight excluding hydrogens is 493 g/mol. The lowest BCUT2D eigenvalue weighted by Crippen LogP contribution is -2.33. The van der Waals surface area contributed by atoms with E-state index in [1.165, 1.54) is 18.2 Å². The number of halogens is 1. The maximum Gasteiger partial charge on any atom is 0.326 e. The molecule has 0 unspecified atom stereocenters. The highest BCUT2D eigenvalue weighted by Crippen LogP contribution is 2.36. The number of carbonyl (C=O) groups excluding carboxylic acids is 1. The zero-order chi connectivity index (χ0) is 26.5. The standard InChI is InChI=1S/C28H26FN3O4S/c1-18-26(22-16-19(29)14-15-23(22)31(18)17-25(33)36-28(2,3)4)27-21-12-8-9-13-24(21)37(34,35)32(30-27)20-10-6-5-7-11-20/h5-16H,17H2,1-4H3. The van der Waals surface area contributed by atoms with Crippen LogP contribution in [0.25, 0.3) is 10.9 Å². The molecule has 0 saturated heterocycles. The third-order valence-corrected chi connectivity index (χ3v) is 7.70. The number of anilines is 1. The number of hydrogen-bond donors (Lipinski definition) is 0. The molecule has 0 bridgehead atoms. The van der Waals surface area contributed by atoms with E-state index in [9.17, 15) is 17.6 Å². The normalized spacial score (nSPS) is 14.8. The second-order valence-corrected chi connectivity index (χ2v) is 11.6. The van der Waals surface area contributed by atoms with Crippen LogP contribution in [-0.2, 0) is 26.1 Å². The molecule has 3 aromatic carbocycles. The third-order valence-electron chi connectivity index (χ3n) is 6.05. The minimum atomic E-state index is -3.99. The summed E-state index contributed by atoms with van der Waals surface area (Å²) in [7, 11) is -3.99. The molecular formula is C28H26FN3O4S. The van der Waals surface area contributed by atoms with Crippen LogP contribution in [0.5, 0.6) is 0 Å². The Hall–Kier alpha value is -3.98. The maximum absolute atomic E-state index is 14.5. The molecule has 9 heteroatoms. The van der Waals surface area contributed by atoms with Gasteiger partial charge in [-0.2, -0.15) is 17.9 Å². The molecule has 1 aliphatic heterocycles. The van der Waals surface area contributed by atoms with Gasteiger partial charge in [0.15, 0.2) is 0 Å². The van der Waals surface area contributed by atoms with Gasteiger partial charge in [0.2, 0.25) is 0 Å². The highest BCUT2D eigenvalue weighted by molar-refractivity contribution is 7.93. The summed E-state index contributed by atoms with van der Waals surface area (Å²) in [5.74, 6) is -0.900. The lowest BCUT2D eigenvalue weighted by molar-refractivity contribution is -0.155. The van der Waals surface area contributed by atoms with Crippen molar-refractivity contribution in [3.05, 3.63) is 95.4 Å². The van der Waals surface area contributed by atoms with Crippen molar-refractivity contribution >= 4 is 38.3 Å². The maximum atomic E-state index is 14.5. The van der Waals surface area contributed by atoms with Gasteiger partial charge in [-0.05, 0) is 64.1 Å². The molecule has 1 aliphatic rings. The molecule has 0 aliphatic carbocycles. The second kappa shape index (κ2) is 8.85. The van der Waals surface area contributed by atoms with Crippen LogP contribution in [0.15, 0.2) is 82.8 Å². The first-order valence-corrected chi connectivity index (χ1v) is 13.2. The van der Waals surface area contributed by atoms with E-state index in [1.54, 1.807) is 86.9 Å². The number of nitrogens with zero attached hydrogens (tertiary/aromatic N) is 3. The summed E-state index contributed by atoms with van der Waals surface area (Å²) >= 11 is 0. The van der Waals surface area contributed by atoms with Crippen LogP contribution in [0.4, 0.5) is 10.1 Å². The number of ether oxygens (including phenoxy) is 1. The Kier molecular flexibility index (Phi) is 5.91. The van der Waals surface area contributed by atoms with Crippen molar-refractivity contribution in [2.45, 2.75) is 44.7 Å². The highest BCUT2D eigenvalue weighted by atomic mass is 32.2. The Bertz CT molecular complexity index is 1670. The Morgan fingerprint density at radius 2 is 1.68 bits per heavy atom. The van der Waals surface area contributed by atoms with E-state index in [2.05, 4.69) is 5.10 Å². The van der Waals surface area contributed by atoms with Crippen LogP contribution in [0.3, 0.4) is 0 Å². The zero-order valence-corrected chi connectivity index (χ0v) is 21.7. The van der Waals surface area contributed by atoms with Gasteiger partial charge in [-0.25, -0.2) is 4.39 Å². The Labute approximate surface area is 214 Å². The first-order chi connectivity index (χ1) is 17.5. The molecule has 190 valence electrons. The van der Waals surface area contributed by atoms with Gasteiger partial charge in [0, 0.05) is 27.7 Å². The van der Waals surface area contributed by atoms with Crippen LogP contribution < -0.4 is 4.41 Å². The predicted molar refractivity (Wildman–Crippen MR) is 141 cm³/mol. The van der Waals surface area contributed by atoms with Gasteiger partial charge in [0.25, 0.3) is 10.0 Å². The number of hydrazone groups is 1. The molecule has 0 radical (unpaired) electrons. The Morgan fingerprint density at radius 1 is 1.00 bits per heavy atom. The van der Waals surface area contributed by atoms with E-state index in [0.717, 1.165) is 4.41 Å². The smallest absolute Gasteiger partial charge is 0.326 e. The number of hydrogen-bond acceptors (Lipinski definition) is 5. The highest BCUT2D eigenvalue weighted by Gasteiger charge is 2.36. The molecule has 0 N–H and O–H groups in total. The first kappa shape index (κ1) is 24.7. The molecule has 7 nitrogen and oxygen atoms in total. The van der Waals surface area contributed by atoms with E-state index >= 15 is 0 Å². The number of benzene rings is 3. The summed E-state index contributed by atoms with van der Waals surface area (Å²) in [5.41, 5.74) is 2.26. The van der Waals surface area contributed by atoms with Gasteiger partial charge in [0.1, 0.15) is 23.7 Å². The van der Waals surface area contributed by atoms with Crippen LogP contribution >= 0.6 is 0 Å². The van der Waals surface area contributed by atoms with Gasteiger partial charge in [-0.1, -0.05) is 36.4 Å². The summed E-state index contributed by atoms with van der Waals surface area (Å²) in [6, 6.07) is 19.5. The molecule has 0 amide bonds. The van der Waals surface area contributed by atoms with Crippen molar-refractivity contribution in [2.24, 2.45) is 5.10 Å². The lowest BCUT2D eigenvalue weighted by Gasteiger charge is -2.27. The molecule has 37 heavy (non-hydrogen) atoms. The zero-order valence-electron chi connectivity index (χ0n) is 20.9. The fourth-order valence-electron chi connectivity index (χ4n) is 4.58. The number of para-hydroxylation sites is 1. The minimum Gasteiger partial charge on any atom is -0.459 e. The van der Waals surface area contributed by atoms with Crippen LogP contribution in [0.1, 0.15) is 37.6 Å². The van der Waals surface area contributed by atoms with Crippen molar-refractivity contribution in [3.8, 4) is 0 Å². The lowest BCUT2D eigenvalue weighted by atomic mass is 9.99. The number of rotatable bonds is 4. The van der Waals surface area contributed by atoms with Crippen molar-refractivity contribution in [2.75, 3.05) is 4.41 Å². The number of aromatic nitrogens is 1. The molecule has 0 fully saturated rings. The van der Waals surface area contributed by atoms with Gasteiger partial charge < -0.3 is 9.30 Å². The fourth-order valence-corrected chi connectivity index (χ4v) is 6.04. The second-order valence-electron chi connectivity index (χ2n) is 9.82. The van der Waals surface area contributed by atoms with E-state index in [-0.39, 0.29) is 11.4 Å². The van der Waals surface area contributed by atoms with Gasteiger partial charge in [-0.3, -0.25) is 4.79 Å². The molecule has 0 saturated carbocycles. The summed E-state index contributed by atoms with van der Waals surface area (Å²) in [6.07, 6.45) is 0. The Morgan fingerprint density at radius 3 is 2.38 bits per heavy atom. The molecule has 4 aromatic rings. The van der Waals surface area contributed by atoms with Crippen LogP contribution in [0, 0.1) is 12.7 Å². The van der Waals surface area contributed by atoms with E-state index in [4.69, 9.17) is 4.74 Å². The fraction of sp³-hybridized carbons (Fsp3) is 0.214. The summed E-state index contributed by atoms with van der Waals surface area (Å²) < 4.78 is 49.9. The third kappa shape index (κ3) is 4.40. The van der Waals surface area contributed by atoms with Crippen molar-refractivity contribution in [3.63, 3.8) is 0 Å². The summed E-state index contributed by atoms with van der Waals surface area (Å²) in [5, 5.41) is 5.13. The molecule has 0 atom stereocenters. The molecule has 1 aromatic heterocycles. The number of esters is 1. The van der Waals surface area contributed by atoms with Crippen LogP contribution in [0.2, 0.25) is 0 Å². The summed E-state index contributed by atoms with van der Waals surface area (Å²) in [4.78, 5) is 12.9. The molecule has 0 spiro atoms. The van der Waals surface area contributed by atoms with Gasteiger partial charge >= 0.3 is 5.97 Å². The Balaban J connectivity index is 1.77. The van der Waals surface area contributed by atoms with Crippen molar-refractivity contribution < 1.29 is 22.3 Å². The largest absolute Gasteiger partial charge is 0.459 e. The van der Waals surface area contributed by atoms with Gasteiger partial charge in [0.05, 0.1) is 10.6 Å². The first-order valence-electron chi connectivity index (χ1n) is 11.8. The van der Waals surface area contributed by atoms with E-state index in [0.29, 0.717) is 39.1 Å². The van der Waals surface area contributed by atoms with Crippen molar-refractivity contribution in [1.82, 2.24) is 4.57 Å². The van der Waals surface area contributed by atoms with E-state index < -0.39 is 27.4 Å². The molecule has 2 heterocycles. The quantitative estimate of drug-likeness (QED) is 0.339. The molecule has 5 rings (SSSR count). The number of fused-ring (bicyclic) bond motifs is 2. The monoisotopic (exact) mass is 519 g/mol. The summed E-state index contributed by atoms with van der Waals surface area (Å²) in [6.45, 7) is 7.08. The van der Waals surface area contributed by atoms with E-state index in [1.807, 2.05) is 0 Å². The van der Waals surface area contributed by atoms with Crippen molar-refractivity contribution in [1.29, 1.82) is 0 Å². The predicted octanol–water partition coefficient (Wildman–Crippen LogP) is 5.39. The minimum absolute atomic E-state index is 0.0905. The average Bonchev–Trinajstić information content (AvgIpc) is 3.09. The average molecular weight is 520 g/mol.